The molecule has 0 radical (unpaired) electrons. The average molecular weight is 265 g/mol. The lowest BCUT2D eigenvalue weighted by molar-refractivity contribution is 0.192. The minimum atomic E-state index is -0.0821. The summed E-state index contributed by atoms with van der Waals surface area (Å²) in [6.45, 7) is 2.13. The molecule has 0 amide bonds. The van der Waals surface area contributed by atoms with E-state index in [1.54, 1.807) is 0 Å². The van der Waals surface area contributed by atoms with Gasteiger partial charge in [0.15, 0.2) is 5.82 Å². The maximum absolute atomic E-state index is 6.05. The molecule has 1 aromatic rings. The molecular weight excluding hydrogens is 242 g/mol. The van der Waals surface area contributed by atoms with Crippen LogP contribution >= 0.6 is 0 Å². The van der Waals surface area contributed by atoms with Gasteiger partial charge in [0.25, 0.3) is 0 Å². The summed E-state index contributed by atoms with van der Waals surface area (Å²) in [6, 6.07) is 0. The van der Waals surface area contributed by atoms with Crippen molar-refractivity contribution < 1.29 is 9.26 Å². The standard InChI is InChI=1S/C14H23N3O2/c15-10-14(6-3-1-2-4-7-14)13-16-12(17-19-13)11-5-8-18-9-11/h11H,1-10,15H2. The van der Waals surface area contributed by atoms with Crippen molar-refractivity contribution in [3.05, 3.63) is 11.7 Å². The van der Waals surface area contributed by atoms with Crippen molar-refractivity contribution >= 4 is 0 Å². The van der Waals surface area contributed by atoms with Gasteiger partial charge in [-0.1, -0.05) is 30.8 Å². The molecule has 106 valence electrons. The fourth-order valence-corrected chi connectivity index (χ4v) is 3.26. The van der Waals surface area contributed by atoms with E-state index in [1.807, 2.05) is 0 Å². The first-order chi connectivity index (χ1) is 9.34. The van der Waals surface area contributed by atoms with Crippen LogP contribution in [0, 0.1) is 0 Å². The second-order valence-electron chi connectivity index (χ2n) is 5.92. The molecule has 1 atom stereocenters. The second kappa shape index (κ2) is 5.59. The molecule has 1 unspecified atom stereocenters. The van der Waals surface area contributed by atoms with E-state index in [0.29, 0.717) is 19.1 Å². The van der Waals surface area contributed by atoms with Gasteiger partial charge < -0.3 is 15.0 Å². The summed E-state index contributed by atoms with van der Waals surface area (Å²) in [5.74, 6) is 1.88. The zero-order valence-corrected chi connectivity index (χ0v) is 11.4. The summed E-state index contributed by atoms with van der Waals surface area (Å²) >= 11 is 0. The Hall–Kier alpha value is -0.940. The van der Waals surface area contributed by atoms with E-state index in [0.717, 1.165) is 37.6 Å². The Bertz CT molecular complexity index is 405. The van der Waals surface area contributed by atoms with Crippen LogP contribution in [0.2, 0.25) is 0 Å². The molecule has 1 saturated carbocycles. The Balaban J connectivity index is 1.82. The molecule has 1 aliphatic heterocycles. The zero-order valence-electron chi connectivity index (χ0n) is 11.4. The Kier molecular flexibility index (Phi) is 3.84. The number of rotatable bonds is 3. The van der Waals surface area contributed by atoms with Crippen LogP contribution in [0.4, 0.5) is 0 Å². The predicted octanol–water partition coefficient (Wildman–Crippen LogP) is 2.12. The van der Waals surface area contributed by atoms with E-state index in [4.69, 9.17) is 15.0 Å². The quantitative estimate of drug-likeness (QED) is 0.847. The lowest BCUT2D eigenvalue weighted by atomic mass is 9.80. The van der Waals surface area contributed by atoms with E-state index in [9.17, 15) is 0 Å². The minimum absolute atomic E-state index is 0.0821. The van der Waals surface area contributed by atoms with E-state index in [-0.39, 0.29) is 5.41 Å². The molecule has 2 heterocycles. The summed E-state index contributed by atoms with van der Waals surface area (Å²) in [5.41, 5.74) is 5.97. The molecule has 1 aromatic heterocycles. The van der Waals surface area contributed by atoms with Crippen LogP contribution in [0.1, 0.15) is 62.6 Å². The number of ether oxygens (including phenoxy) is 1. The maximum Gasteiger partial charge on any atom is 0.234 e. The molecule has 5 nitrogen and oxygen atoms in total. The van der Waals surface area contributed by atoms with Crippen molar-refractivity contribution in [3.8, 4) is 0 Å². The number of aromatic nitrogens is 2. The van der Waals surface area contributed by atoms with Crippen molar-refractivity contribution in [3.63, 3.8) is 0 Å². The largest absolute Gasteiger partial charge is 0.381 e. The van der Waals surface area contributed by atoms with Gasteiger partial charge >= 0.3 is 0 Å². The lowest BCUT2D eigenvalue weighted by Crippen LogP contribution is -2.35. The first kappa shape index (κ1) is 13.1. The summed E-state index contributed by atoms with van der Waals surface area (Å²) in [4.78, 5) is 4.66. The fourth-order valence-electron chi connectivity index (χ4n) is 3.26. The third-order valence-electron chi connectivity index (χ3n) is 4.64. The molecule has 19 heavy (non-hydrogen) atoms. The molecule has 2 fully saturated rings. The Morgan fingerprint density at radius 2 is 2.00 bits per heavy atom. The van der Waals surface area contributed by atoms with Crippen molar-refractivity contribution in [2.75, 3.05) is 19.8 Å². The summed E-state index contributed by atoms with van der Waals surface area (Å²) < 4.78 is 11.0. The van der Waals surface area contributed by atoms with E-state index >= 15 is 0 Å². The van der Waals surface area contributed by atoms with Crippen molar-refractivity contribution in [1.82, 2.24) is 10.1 Å². The topological polar surface area (TPSA) is 74.2 Å². The second-order valence-corrected chi connectivity index (χ2v) is 5.92. The SMILES string of the molecule is NCC1(c2nc(C3CCOC3)no2)CCCCCC1. The van der Waals surface area contributed by atoms with Gasteiger partial charge in [-0.25, -0.2) is 0 Å². The van der Waals surface area contributed by atoms with Gasteiger partial charge in [-0.05, 0) is 19.3 Å². The Morgan fingerprint density at radius 1 is 1.21 bits per heavy atom. The number of hydrogen-bond donors (Lipinski definition) is 1. The summed E-state index contributed by atoms with van der Waals surface area (Å²) in [6.07, 6.45) is 8.15. The van der Waals surface area contributed by atoms with Gasteiger partial charge in [0.1, 0.15) is 0 Å². The third kappa shape index (κ3) is 2.54. The summed E-state index contributed by atoms with van der Waals surface area (Å²) in [5, 5.41) is 4.18. The van der Waals surface area contributed by atoms with E-state index in [2.05, 4.69) is 10.1 Å². The van der Waals surface area contributed by atoms with Crippen LogP contribution in [0.5, 0.6) is 0 Å². The highest BCUT2D eigenvalue weighted by molar-refractivity contribution is 5.09. The van der Waals surface area contributed by atoms with Gasteiger partial charge in [0, 0.05) is 19.1 Å². The first-order valence-electron chi connectivity index (χ1n) is 7.46. The number of nitrogens with zero attached hydrogens (tertiary/aromatic N) is 2. The third-order valence-corrected chi connectivity index (χ3v) is 4.64. The minimum Gasteiger partial charge on any atom is -0.381 e. The van der Waals surface area contributed by atoms with Gasteiger partial charge in [0.2, 0.25) is 5.89 Å². The van der Waals surface area contributed by atoms with Gasteiger partial charge in [0.05, 0.1) is 12.0 Å². The number of nitrogens with two attached hydrogens (primary N) is 1. The van der Waals surface area contributed by atoms with Crippen LogP contribution in [0.3, 0.4) is 0 Å². The first-order valence-corrected chi connectivity index (χ1v) is 7.46. The average Bonchev–Trinajstić information content (AvgIpc) is 3.06. The molecule has 3 rings (SSSR count). The number of hydrogen-bond acceptors (Lipinski definition) is 5. The fraction of sp³-hybridized carbons (Fsp3) is 0.857. The lowest BCUT2D eigenvalue weighted by Gasteiger charge is -2.26. The highest BCUT2D eigenvalue weighted by Crippen LogP contribution is 2.37. The molecule has 0 bridgehead atoms. The molecule has 5 heteroatoms. The van der Waals surface area contributed by atoms with Gasteiger partial charge in [-0.3, -0.25) is 0 Å². The molecule has 2 N–H and O–H groups in total. The molecular formula is C14H23N3O2. The summed E-state index contributed by atoms with van der Waals surface area (Å²) in [7, 11) is 0. The highest BCUT2D eigenvalue weighted by Gasteiger charge is 2.38. The highest BCUT2D eigenvalue weighted by atomic mass is 16.5. The maximum atomic E-state index is 6.05. The van der Waals surface area contributed by atoms with E-state index in [1.165, 1.54) is 25.7 Å². The van der Waals surface area contributed by atoms with Crippen LogP contribution < -0.4 is 5.73 Å². The van der Waals surface area contributed by atoms with Crippen molar-refractivity contribution in [1.29, 1.82) is 0 Å². The molecule has 1 saturated heterocycles. The Morgan fingerprint density at radius 3 is 2.63 bits per heavy atom. The molecule has 1 aliphatic carbocycles. The smallest absolute Gasteiger partial charge is 0.234 e. The van der Waals surface area contributed by atoms with Crippen LogP contribution in [0.15, 0.2) is 4.52 Å². The normalized spacial score (nSPS) is 27.3. The van der Waals surface area contributed by atoms with Gasteiger partial charge in [-0.2, -0.15) is 4.98 Å². The van der Waals surface area contributed by atoms with Crippen LogP contribution in [-0.4, -0.2) is 29.9 Å². The van der Waals surface area contributed by atoms with Crippen molar-refractivity contribution in [2.45, 2.75) is 56.3 Å². The van der Waals surface area contributed by atoms with Gasteiger partial charge in [-0.15, -0.1) is 0 Å². The van der Waals surface area contributed by atoms with Crippen LogP contribution in [-0.2, 0) is 10.2 Å². The monoisotopic (exact) mass is 265 g/mol. The zero-order chi connectivity index (χ0) is 13.1. The predicted molar refractivity (Wildman–Crippen MR) is 70.9 cm³/mol. The van der Waals surface area contributed by atoms with Crippen LogP contribution in [0.25, 0.3) is 0 Å². The van der Waals surface area contributed by atoms with E-state index < -0.39 is 0 Å². The van der Waals surface area contributed by atoms with Crippen molar-refractivity contribution in [2.24, 2.45) is 5.73 Å². The molecule has 0 aromatic carbocycles. The molecule has 0 spiro atoms. The molecule has 2 aliphatic rings. The Labute approximate surface area is 113 Å².